The van der Waals surface area contributed by atoms with Gasteiger partial charge in [-0.05, 0) is 36.5 Å². The number of carbonyl (C=O) groups excluding carboxylic acids is 2. The SMILES string of the molecule is CC(F)(F)F.O=C(N[C@H](/C=C/C(=O)N1CCc2ccccc21)CCc1ccccc1)C1CC(F)CN1. The highest BCUT2D eigenvalue weighted by molar-refractivity contribution is 6.03. The number of aryl methyl sites for hydroxylation is 1. The van der Waals surface area contributed by atoms with E-state index in [0.717, 1.165) is 24.1 Å². The van der Waals surface area contributed by atoms with E-state index in [1.807, 2.05) is 54.6 Å². The number of nitrogens with one attached hydrogen (secondary N) is 2. The molecular weight excluding hydrogens is 474 g/mol. The fraction of sp³-hybridized carbons (Fsp3) is 0.407. The summed E-state index contributed by atoms with van der Waals surface area (Å²) in [5.74, 6) is -0.312. The second-order valence-electron chi connectivity index (χ2n) is 8.94. The van der Waals surface area contributed by atoms with Crippen molar-refractivity contribution in [2.24, 2.45) is 0 Å². The Kier molecular flexibility index (Phi) is 9.64. The van der Waals surface area contributed by atoms with Gasteiger partial charge >= 0.3 is 6.18 Å². The summed E-state index contributed by atoms with van der Waals surface area (Å²) in [6.07, 6.45) is 0.782. The topological polar surface area (TPSA) is 61.4 Å². The van der Waals surface area contributed by atoms with Crippen LogP contribution in [0.3, 0.4) is 0 Å². The van der Waals surface area contributed by atoms with Gasteiger partial charge < -0.3 is 15.5 Å². The molecule has 2 unspecified atom stereocenters. The van der Waals surface area contributed by atoms with Crippen LogP contribution in [-0.2, 0) is 22.4 Å². The summed E-state index contributed by atoms with van der Waals surface area (Å²) in [7, 11) is 0. The first-order valence-electron chi connectivity index (χ1n) is 12.0. The monoisotopic (exact) mass is 505 g/mol. The Morgan fingerprint density at radius 3 is 2.47 bits per heavy atom. The molecule has 0 radical (unpaired) electrons. The van der Waals surface area contributed by atoms with Gasteiger partial charge in [-0.2, -0.15) is 13.2 Å². The Labute approximate surface area is 208 Å². The van der Waals surface area contributed by atoms with Crippen LogP contribution in [0.15, 0.2) is 66.7 Å². The molecule has 5 nitrogen and oxygen atoms in total. The van der Waals surface area contributed by atoms with Gasteiger partial charge in [0.25, 0.3) is 5.91 Å². The minimum atomic E-state index is -4.00. The summed E-state index contributed by atoms with van der Waals surface area (Å²) in [5.41, 5.74) is 3.29. The smallest absolute Gasteiger partial charge is 0.349 e. The quantitative estimate of drug-likeness (QED) is 0.430. The van der Waals surface area contributed by atoms with E-state index in [0.29, 0.717) is 13.0 Å². The lowest BCUT2D eigenvalue weighted by Gasteiger charge is -2.19. The van der Waals surface area contributed by atoms with Gasteiger partial charge in [0.15, 0.2) is 0 Å². The second kappa shape index (κ2) is 12.7. The zero-order chi connectivity index (χ0) is 26.1. The fourth-order valence-corrected chi connectivity index (χ4v) is 4.21. The van der Waals surface area contributed by atoms with E-state index in [1.165, 1.54) is 5.56 Å². The molecule has 2 N–H and O–H groups in total. The average molecular weight is 506 g/mol. The number of alkyl halides is 4. The van der Waals surface area contributed by atoms with Crippen molar-refractivity contribution in [3.05, 3.63) is 77.9 Å². The van der Waals surface area contributed by atoms with E-state index in [4.69, 9.17) is 0 Å². The highest BCUT2D eigenvalue weighted by Crippen LogP contribution is 2.27. The molecule has 1 fully saturated rings. The Balaban J connectivity index is 0.000000658. The zero-order valence-corrected chi connectivity index (χ0v) is 20.1. The lowest BCUT2D eigenvalue weighted by Crippen LogP contribution is -2.44. The maximum atomic E-state index is 13.5. The molecule has 2 amide bonds. The summed E-state index contributed by atoms with van der Waals surface area (Å²) in [6, 6.07) is 17.1. The Hall–Kier alpha value is -3.20. The summed E-state index contributed by atoms with van der Waals surface area (Å²) < 4.78 is 44.5. The van der Waals surface area contributed by atoms with Crippen molar-refractivity contribution < 1.29 is 27.2 Å². The Morgan fingerprint density at radius 1 is 1.14 bits per heavy atom. The number of anilines is 1. The van der Waals surface area contributed by atoms with Gasteiger partial charge in [-0.3, -0.25) is 9.59 Å². The third-order valence-electron chi connectivity index (χ3n) is 5.93. The molecule has 4 rings (SSSR count). The predicted octanol–water partition coefficient (Wildman–Crippen LogP) is 4.52. The standard InChI is InChI=1S/C25H28FN3O2.C2H3F3/c26-20-16-22(27-17-20)25(31)28-21(11-10-18-6-2-1-3-7-18)12-13-24(30)29-15-14-19-8-4-5-9-23(19)29;1-2(3,4)5/h1-9,12-13,20-22,27H,10-11,14-17H2,(H,28,31);1H3/b13-12+;/t20?,21-,22?;/m0./s1. The number of halogens is 4. The number of nitrogens with zero attached hydrogens (tertiary/aromatic N) is 1. The predicted molar refractivity (Wildman–Crippen MR) is 131 cm³/mol. The molecule has 36 heavy (non-hydrogen) atoms. The number of hydrogen-bond donors (Lipinski definition) is 2. The summed E-state index contributed by atoms with van der Waals surface area (Å²) in [4.78, 5) is 27.2. The molecule has 2 aliphatic heterocycles. The first kappa shape index (κ1) is 27.4. The largest absolute Gasteiger partial charge is 0.386 e. The molecule has 194 valence electrons. The van der Waals surface area contributed by atoms with Gasteiger partial charge in [0.05, 0.1) is 6.04 Å². The van der Waals surface area contributed by atoms with E-state index in [2.05, 4.69) is 10.6 Å². The van der Waals surface area contributed by atoms with Gasteiger partial charge in [0, 0.05) is 44.2 Å². The molecule has 2 aromatic carbocycles. The third kappa shape index (κ3) is 8.78. The molecule has 0 bridgehead atoms. The number of benzene rings is 2. The Morgan fingerprint density at radius 2 is 1.81 bits per heavy atom. The van der Waals surface area contributed by atoms with E-state index in [9.17, 15) is 27.2 Å². The summed E-state index contributed by atoms with van der Waals surface area (Å²) in [6.45, 7) is 1.05. The van der Waals surface area contributed by atoms with Crippen molar-refractivity contribution in [2.45, 2.75) is 57.0 Å². The normalized spacial score (nSPS) is 20.0. The van der Waals surface area contributed by atoms with Crippen LogP contribution in [0.2, 0.25) is 0 Å². The maximum Gasteiger partial charge on any atom is 0.386 e. The number of amides is 2. The third-order valence-corrected chi connectivity index (χ3v) is 5.93. The summed E-state index contributed by atoms with van der Waals surface area (Å²) >= 11 is 0. The van der Waals surface area contributed by atoms with Crippen LogP contribution >= 0.6 is 0 Å². The molecule has 1 saturated heterocycles. The van der Waals surface area contributed by atoms with Crippen molar-refractivity contribution in [3.8, 4) is 0 Å². The number of para-hydroxylation sites is 1. The van der Waals surface area contributed by atoms with Gasteiger partial charge in [-0.1, -0.05) is 54.6 Å². The number of carbonyl (C=O) groups is 2. The highest BCUT2D eigenvalue weighted by atomic mass is 19.4. The van der Waals surface area contributed by atoms with Gasteiger partial charge in [-0.15, -0.1) is 0 Å². The summed E-state index contributed by atoms with van der Waals surface area (Å²) in [5, 5.41) is 5.91. The minimum Gasteiger partial charge on any atom is -0.349 e. The van der Waals surface area contributed by atoms with Gasteiger partial charge in [-0.25, -0.2) is 4.39 Å². The first-order valence-corrected chi connectivity index (χ1v) is 12.0. The van der Waals surface area contributed by atoms with Crippen molar-refractivity contribution in [2.75, 3.05) is 18.0 Å². The van der Waals surface area contributed by atoms with Crippen LogP contribution in [0.1, 0.15) is 30.9 Å². The molecule has 2 heterocycles. The van der Waals surface area contributed by atoms with Crippen molar-refractivity contribution in [1.29, 1.82) is 0 Å². The van der Waals surface area contributed by atoms with Crippen LogP contribution in [0.4, 0.5) is 23.2 Å². The fourth-order valence-electron chi connectivity index (χ4n) is 4.21. The lowest BCUT2D eigenvalue weighted by molar-refractivity contribution is -0.123. The van der Waals surface area contributed by atoms with Crippen LogP contribution in [0, 0.1) is 0 Å². The van der Waals surface area contributed by atoms with E-state index >= 15 is 0 Å². The van der Waals surface area contributed by atoms with Crippen molar-refractivity contribution in [1.82, 2.24) is 10.6 Å². The van der Waals surface area contributed by atoms with Crippen molar-refractivity contribution in [3.63, 3.8) is 0 Å². The van der Waals surface area contributed by atoms with Crippen LogP contribution in [0.25, 0.3) is 0 Å². The molecule has 0 saturated carbocycles. The molecule has 0 spiro atoms. The van der Waals surface area contributed by atoms with Crippen molar-refractivity contribution >= 4 is 17.5 Å². The number of fused-ring (bicyclic) bond motifs is 1. The second-order valence-corrected chi connectivity index (χ2v) is 8.94. The zero-order valence-electron chi connectivity index (χ0n) is 20.1. The van der Waals surface area contributed by atoms with E-state index < -0.39 is 18.4 Å². The molecule has 3 atom stereocenters. The number of hydrogen-bond acceptors (Lipinski definition) is 3. The lowest BCUT2D eigenvalue weighted by atomic mass is 10.0. The molecule has 0 aliphatic carbocycles. The van der Waals surface area contributed by atoms with Gasteiger partial charge in [0.1, 0.15) is 6.17 Å². The molecule has 9 heteroatoms. The highest BCUT2D eigenvalue weighted by Gasteiger charge is 2.30. The molecule has 2 aromatic rings. The van der Waals surface area contributed by atoms with E-state index in [-0.39, 0.29) is 37.7 Å². The van der Waals surface area contributed by atoms with E-state index in [1.54, 1.807) is 17.1 Å². The molecule has 2 aliphatic rings. The average Bonchev–Trinajstić information content (AvgIpc) is 3.46. The Bertz CT molecular complexity index is 1040. The van der Waals surface area contributed by atoms with Crippen LogP contribution < -0.4 is 15.5 Å². The van der Waals surface area contributed by atoms with Crippen LogP contribution in [-0.4, -0.2) is 49.3 Å². The maximum absolute atomic E-state index is 13.5. The van der Waals surface area contributed by atoms with Gasteiger partial charge in [0.2, 0.25) is 5.91 Å². The first-order chi connectivity index (χ1) is 17.1. The molecular formula is C27H31F4N3O2. The van der Waals surface area contributed by atoms with Crippen LogP contribution in [0.5, 0.6) is 0 Å². The number of rotatable bonds is 7. The molecule has 0 aromatic heterocycles. The minimum absolute atomic E-state index is 0.0910.